The molecule has 0 rings (SSSR count). The number of unbranched alkanes of at least 4 members (excludes halogenated alkanes) is 9. The molecule has 0 aliphatic carbocycles. The third kappa shape index (κ3) is 15.6. The second-order valence-electron chi connectivity index (χ2n) is 3.83. The molecule has 0 bridgehead atoms. The number of hydrogen-bond acceptors (Lipinski definition) is 0. The van der Waals surface area contributed by atoms with Crippen LogP contribution in [0.5, 0.6) is 0 Å². The third-order valence-corrected chi connectivity index (χ3v) is 2.46. The zero-order chi connectivity index (χ0) is 9.07. The average Bonchev–Trinajstić information content (AvgIpc) is 2.10. The molecule has 0 aliphatic rings. The topological polar surface area (TPSA) is 0 Å². The van der Waals surface area contributed by atoms with Crippen LogP contribution in [0.15, 0.2) is 0 Å². The Hall–Kier alpha value is 0.883. The molecule has 1 heteroatoms. The van der Waals surface area contributed by atoms with E-state index in [0.29, 0.717) is 0 Å². The molecule has 0 aromatic carbocycles. The fourth-order valence-corrected chi connectivity index (χ4v) is 1.56. The van der Waals surface area contributed by atoms with Crippen molar-refractivity contribution < 1.29 is 0 Å². The molecule has 0 amide bonds. The Labute approximate surface area is 104 Å². The molecule has 0 saturated heterocycles. The first-order chi connectivity index (χ1) is 5.91. The van der Waals surface area contributed by atoms with Gasteiger partial charge in [0.05, 0.1) is 0 Å². The maximum atomic E-state index is 2.28. The second kappa shape index (κ2) is 15.4. The Kier molecular flexibility index (Phi) is 19.3. The van der Waals surface area contributed by atoms with Gasteiger partial charge in [-0.25, -0.2) is 0 Å². The van der Waals surface area contributed by atoms with Gasteiger partial charge in [-0.3, -0.25) is 0 Å². The van der Waals surface area contributed by atoms with E-state index in [2.05, 4.69) is 13.8 Å². The molecule has 0 saturated carbocycles. The summed E-state index contributed by atoms with van der Waals surface area (Å²) in [6.07, 6.45) is 14.4. The molecule has 0 atom stereocenters. The Morgan fingerprint density at radius 1 is 0.462 bits per heavy atom. The van der Waals surface area contributed by atoms with Gasteiger partial charge in [0.15, 0.2) is 0 Å². The van der Waals surface area contributed by atoms with Crippen molar-refractivity contribution in [1.29, 1.82) is 0 Å². The molecule has 0 spiro atoms. The molecular weight excluding hydrogens is 353 g/mol. The third-order valence-electron chi connectivity index (χ3n) is 2.46. The average molecular weight is 382 g/mol. The Morgan fingerprint density at radius 3 is 0.923 bits per heavy atom. The van der Waals surface area contributed by atoms with Crippen LogP contribution in [0.25, 0.3) is 0 Å². The number of hydrogen-bond donors (Lipinski definition) is 0. The number of rotatable bonds is 9. The molecule has 0 aromatic heterocycles. The van der Waals surface area contributed by atoms with Crippen LogP contribution in [-0.2, 0) is 0 Å². The van der Waals surface area contributed by atoms with Crippen LogP contribution in [0.1, 0.15) is 78.1 Å². The van der Waals surface area contributed by atoms with Crippen LogP contribution in [0.4, 0.5) is 0 Å². The first-order valence-electron chi connectivity index (χ1n) is 5.91. The van der Waals surface area contributed by atoms with Gasteiger partial charge in [0, 0.05) is 0 Å². The van der Waals surface area contributed by atoms with Gasteiger partial charge in [-0.1, -0.05) is 78.1 Å². The predicted molar refractivity (Wildman–Crippen MR) is 67.5 cm³/mol. The quantitative estimate of drug-likeness (QED) is 0.421. The van der Waals surface area contributed by atoms with Crippen LogP contribution >= 0.6 is 0 Å². The van der Waals surface area contributed by atoms with Gasteiger partial charge in [-0.05, 0) is 0 Å². The Bertz CT molecular complexity index is 61.5. The van der Waals surface area contributed by atoms with Gasteiger partial charge >= 0.3 is 26.2 Å². The molecule has 0 aliphatic heterocycles. The van der Waals surface area contributed by atoms with Gasteiger partial charge in [-0.2, -0.15) is 0 Å². The van der Waals surface area contributed by atoms with Gasteiger partial charge < -0.3 is 0 Å². The molecule has 0 fully saturated rings. The van der Waals surface area contributed by atoms with Crippen molar-refractivity contribution in [2.24, 2.45) is 0 Å². The fraction of sp³-hybridized carbons (Fsp3) is 1.00. The fourth-order valence-electron chi connectivity index (χ4n) is 1.56. The van der Waals surface area contributed by atoms with Crippen molar-refractivity contribution in [2.45, 2.75) is 78.1 Å². The van der Waals surface area contributed by atoms with Crippen molar-refractivity contribution >= 4 is 26.2 Å². The molecule has 0 unspecified atom stereocenters. The van der Waals surface area contributed by atoms with Crippen molar-refractivity contribution in [1.82, 2.24) is 0 Å². The summed E-state index contributed by atoms with van der Waals surface area (Å²) in [6.45, 7) is 4.56. The van der Waals surface area contributed by atoms with Gasteiger partial charge in [-0.15, -0.1) is 0 Å². The summed E-state index contributed by atoms with van der Waals surface area (Å²) < 4.78 is 0. The standard InChI is InChI=1S/C12H26.Bi.3H/c1-3-5-7-9-11-12-10-8-6-4-2;;;;/h3-12H2,1-2H3;;;;. The summed E-state index contributed by atoms with van der Waals surface area (Å²) in [5.74, 6) is 0. The SMILES string of the molecule is CCCCCCCCCCCC.[BiH3]. The minimum atomic E-state index is 0. The van der Waals surface area contributed by atoms with E-state index >= 15 is 0 Å². The van der Waals surface area contributed by atoms with Crippen LogP contribution in [0, 0.1) is 0 Å². The molecule has 0 radical (unpaired) electrons. The van der Waals surface area contributed by atoms with Gasteiger partial charge in [0.1, 0.15) is 0 Å². The van der Waals surface area contributed by atoms with Crippen molar-refractivity contribution in [2.75, 3.05) is 0 Å². The Morgan fingerprint density at radius 2 is 0.692 bits per heavy atom. The van der Waals surface area contributed by atoms with E-state index in [1.54, 1.807) is 0 Å². The maximum absolute atomic E-state index is 2.28. The summed E-state index contributed by atoms with van der Waals surface area (Å²) in [5, 5.41) is 0. The monoisotopic (exact) mass is 382 g/mol. The molecule has 0 heterocycles. The molecule has 13 heavy (non-hydrogen) atoms. The van der Waals surface area contributed by atoms with Crippen LogP contribution in [0.3, 0.4) is 0 Å². The van der Waals surface area contributed by atoms with E-state index in [0.717, 1.165) is 0 Å². The van der Waals surface area contributed by atoms with Crippen molar-refractivity contribution in [3.8, 4) is 0 Å². The summed E-state index contributed by atoms with van der Waals surface area (Å²) >= 11 is 0. The molecule has 0 aromatic rings. The van der Waals surface area contributed by atoms with E-state index < -0.39 is 0 Å². The zero-order valence-electron chi connectivity index (χ0n) is 9.78. The molecule has 82 valence electrons. The van der Waals surface area contributed by atoms with Crippen molar-refractivity contribution in [3.63, 3.8) is 0 Å². The van der Waals surface area contributed by atoms with E-state index in [1.807, 2.05) is 0 Å². The van der Waals surface area contributed by atoms with Crippen LogP contribution < -0.4 is 0 Å². The first kappa shape index (κ1) is 16.3. The summed E-state index contributed by atoms with van der Waals surface area (Å²) in [4.78, 5) is 0. The van der Waals surface area contributed by atoms with Crippen LogP contribution in [-0.4, -0.2) is 26.2 Å². The Balaban J connectivity index is 0. The minimum absolute atomic E-state index is 0. The summed E-state index contributed by atoms with van der Waals surface area (Å²) in [5.41, 5.74) is 0. The van der Waals surface area contributed by atoms with E-state index in [9.17, 15) is 0 Å². The molecule has 0 N–H and O–H groups in total. The predicted octanol–water partition coefficient (Wildman–Crippen LogP) is 3.74. The molecule has 0 nitrogen and oxygen atoms in total. The van der Waals surface area contributed by atoms with E-state index in [-0.39, 0.29) is 26.2 Å². The molecular formula is C12H29Bi. The van der Waals surface area contributed by atoms with E-state index in [1.165, 1.54) is 64.2 Å². The zero-order valence-corrected chi connectivity index (χ0v) is 15.3. The van der Waals surface area contributed by atoms with Gasteiger partial charge in [0.25, 0.3) is 0 Å². The first-order valence-corrected chi connectivity index (χ1v) is 5.91. The second-order valence-corrected chi connectivity index (χ2v) is 3.83. The summed E-state index contributed by atoms with van der Waals surface area (Å²) in [7, 11) is 0. The van der Waals surface area contributed by atoms with Gasteiger partial charge in [0.2, 0.25) is 0 Å². The van der Waals surface area contributed by atoms with Crippen molar-refractivity contribution in [3.05, 3.63) is 0 Å². The summed E-state index contributed by atoms with van der Waals surface area (Å²) in [6, 6.07) is 0. The van der Waals surface area contributed by atoms with E-state index in [4.69, 9.17) is 0 Å². The van der Waals surface area contributed by atoms with Crippen LogP contribution in [0.2, 0.25) is 0 Å². The normalized spacial score (nSPS) is 9.69.